The highest BCUT2D eigenvalue weighted by Crippen LogP contribution is 2.21. The molecule has 17 heavy (non-hydrogen) atoms. The largest absolute Gasteiger partial charge is 0.457 e. The van der Waals surface area contributed by atoms with Gasteiger partial charge < -0.3 is 9.73 Å². The minimum absolute atomic E-state index is 0.202. The lowest BCUT2D eigenvalue weighted by molar-refractivity contribution is 0.102. The normalized spacial score (nSPS) is 10.3. The standard InChI is InChI=1S/C11H6BrF2NO2/c12-10-7(3-4-17-10)11(16)15-9-5-6(13)1-2-8(9)14/h1-5H,(H,15,16). The summed E-state index contributed by atoms with van der Waals surface area (Å²) in [6, 6.07) is 4.23. The Morgan fingerprint density at radius 1 is 1.29 bits per heavy atom. The van der Waals surface area contributed by atoms with E-state index in [1.165, 1.54) is 12.3 Å². The van der Waals surface area contributed by atoms with Gasteiger partial charge in [0.1, 0.15) is 11.6 Å². The first-order valence-electron chi connectivity index (χ1n) is 4.57. The Hall–Kier alpha value is -1.69. The molecule has 3 nitrogen and oxygen atoms in total. The molecule has 0 saturated carbocycles. The van der Waals surface area contributed by atoms with E-state index < -0.39 is 17.5 Å². The van der Waals surface area contributed by atoms with Crippen LogP contribution < -0.4 is 5.32 Å². The van der Waals surface area contributed by atoms with Crippen molar-refractivity contribution in [3.63, 3.8) is 0 Å². The van der Waals surface area contributed by atoms with Crippen molar-refractivity contribution in [2.24, 2.45) is 0 Å². The predicted octanol–water partition coefficient (Wildman–Crippen LogP) is 3.57. The zero-order valence-corrected chi connectivity index (χ0v) is 9.92. The van der Waals surface area contributed by atoms with Crippen LogP contribution in [0.25, 0.3) is 0 Å². The minimum atomic E-state index is -0.709. The van der Waals surface area contributed by atoms with Crippen molar-refractivity contribution in [3.8, 4) is 0 Å². The summed E-state index contributed by atoms with van der Waals surface area (Å²) in [5, 5.41) is 2.25. The lowest BCUT2D eigenvalue weighted by Gasteiger charge is -2.05. The molecule has 0 unspecified atom stereocenters. The number of halogens is 3. The van der Waals surface area contributed by atoms with Crippen molar-refractivity contribution in [2.45, 2.75) is 0 Å². The molecule has 1 aromatic heterocycles. The van der Waals surface area contributed by atoms with E-state index >= 15 is 0 Å². The second kappa shape index (κ2) is 4.67. The summed E-state index contributed by atoms with van der Waals surface area (Å²) in [4.78, 5) is 11.7. The molecule has 88 valence electrons. The minimum Gasteiger partial charge on any atom is -0.457 e. The zero-order valence-electron chi connectivity index (χ0n) is 8.34. The van der Waals surface area contributed by atoms with Gasteiger partial charge in [0, 0.05) is 6.07 Å². The van der Waals surface area contributed by atoms with Gasteiger partial charge in [-0.2, -0.15) is 0 Å². The van der Waals surface area contributed by atoms with Gasteiger partial charge >= 0.3 is 0 Å². The number of carbonyl (C=O) groups is 1. The Kier molecular flexibility index (Phi) is 3.23. The SMILES string of the molecule is O=C(Nc1cc(F)ccc1F)c1ccoc1Br. The molecule has 0 aliphatic carbocycles. The lowest BCUT2D eigenvalue weighted by atomic mass is 10.2. The van der Waals surface area contributed by atoms with E-state index in [0.717, 1.165) is 18.2 Å². The molecule has 1 heterocycles. The molecule has 0 aliphatic rings. The first kappa shape index (κ1) is 11.8. The van der Waals surface area contributed by atoms with Gasteiger partial charge in [-0.3, -0.25) is 4.79 Å². The maximum Gasteiger partial charge on any atom is 0.260 e. The fourth-order valence-electron chi connectivity index (χ4n) is 1.24. The maximum atomic E-state index is 13.3. The quantitative estimate of drug-likeness (QED) is 0.921. The second-order valence-electron chi connectivity index (χ2n) is 3.19. The van der Waals surface area contributed by atoms with Crippen LogP contribution in [-0.2, 0) is 0 Å². The van der Waals surface area contributed by atoms with E-state index in [1.54, 1.807) is 0 Å². The zero-order chi connectivity index (χ0) is 12.4. The van der Waals surface area contributed by atoms with Gasteiger partial charge in [0.25, 0.3) is 5.91 Å². The number of benzene rings is 1. The number of carbonyl (C=O) groups excluding carboxylic acids is 1. The van der Waals surface area contributed by atoms with Crippen LogP contribution >= 0.6 is 15.9 Å². The molecule has 0 spiro atoms. The van der Waals surface area contributed by atoms with E-state index in [9.17, 15) is 13.6 Å². The maximum absolute atomic E-state index is 13.3. The van der Waals surface area contributed by atoms with Crippen molar-refractivity contribution in [1.82, 2.24) is 0 Å². The summed E-state index contributed by atoms with van der Waals surface area (Å²) in [6.07, 6.45) is 1.31. The summed E-state index contributed by atoms with van der Waals surface area (Å²) in [5.74, 6) is -1.93. The van der Waals surface area contributed by atoms with Crippen LogP contribution in [0.5, 0.6) is 0 Å². The molecule has 0 fully saturated rings. The summed E-state index contributed by atoms with van der Waals surface area (Å²) >= 11 is 3.02. The van der Waals surface area contributed by atoms with E-state index in [0.29, 0.717) is 0 Å². The fraction of sp³-hybridized carbons (Fsp3) is 0. The highest BCUT2D eigenvalue weighted by atomic mass is 79.9. The highest BCUT2D eigenvalue weighted by Gasteiger charge is 2.14. The van der Waals surface area contributed by atoms with Crippen LogP contribution in [0.1, 0.15) is 10.4 Å². The third-order valence-corrected chi connectivity index (χ3v) is 2.65. The number of amides is 1. The van der Waals surface area contributed by atoms with Crippen LogP contribution in [0.2, 0.25) is 0 Å². The van der Waals surface area contributed by atoms with Gasteiger partial charge in [-0.1, -0.05) is 0 Å². The van der Waals surface area contributed by atoms with Gasteiger partial charge in [0.15, 0.2) is 4.67 Å². The molecule has 2 rings (SSSR count). The molecule has 0 radical (unpaired) electrons. The molecular weight excluding hydrogens is 296 g/mol. The summed E-state index contributed by atoms with van der Waals surface area (Å²) < 4.78 is 31.2. The lowest BCUT2D eigenvalue weighted by Crippen LogP contribution is -2.12. The smallest absolute Gasteiger partial charge is 0.260 e. The van der Waals surface area contributed by atoms with Crippen molar-refractivity contribution in [3.05, 3.63) is 52.4 Å². The summed E-state index contributed by atoms with van der Waals surface area (Å²) in [6.45, 7) is 0. The Morgan fingerprint density at radius 3 is 2.71 bits per heavy atom. The molecular formula is C11H6BrF2NO2. The molecule has 0 atom stereocenters. The molecule has 1 aromatic carbocycles. The van der Waals surface area contributed by atoms with Crippen molar-refractivity contribution >= 4 is 27.5 Å². The van der Waals surface area contributed by atoms with Crippen molar-refractivity contribution < 1.29 is 18.0 Å². The highest BCUT2D eigenvalue weighted by molar-refractivity contribution is 9.10. The number of rotatable bonds is 2. The molecule has 2 aromatic rings. The van der Waals surface area contributed by atoms with E-state index in [-0.39, 0.29) is 15.9 Å². The fourth-order valence-corrected chi connectivity index (χ4v) is 1.66. The van der Waals surface area contributed by atoms with Gasteiger partial charge in [-0.15, -0.1) is 0 Å². The summed E-state index contributed by atoms with van der Waals surface area (Å²) in [5.41, 5.74) is -0.0169. The first-order valence-corrected chi connectivity index (χ1v) is 5.36. The average Bonchev–Trinajstić information content (AvgIpc) is 2.70. The topological polar surface area (TPSA) is 42.2 Å². The molecule has 1 amide bonds. The van der Waals surface area contributed by atoms with E-state index in [1.807, 2.05) is 0 Å². The number of nitrogens with one attached hydrogen (secondary N) is 1. The van der Waals surface area contributed by atoms with Gasteiger partial charge in [-0.25, -0.2) is 8.78 Å². The number of anilines is 1. The van der Waals surface area contributed by atoms with Crippen LogP contribution in [0.4, 0.5) is 14.5 Å². The van der Waals surface area contributed by atoms with Gasteiger partial charge in [0.05, 0.1) is 17.5 Å². The van der Waals surface area contributed by atoms with Gasteiger partial charge in [-0.05, 0) is 34.1 Å². The predicted molar refractivity (Wildman–Crippen MR) is 60.7 cm³/mol. The number of furan rings is 1. The third-order valence-electron chi connectivity index (χ3n) is 2.04. The third kappa shape index (κ3) is 2.52. The van der Waals surface area contributed by atoms with Crippen molar-refractivity contribution in [1.29, 1.82) is 0 Å². The van der Waals surface area contributed by atoms with Crippen molar-refractivity contribution in [2.75, 3.05) is 5.32 Å². The Labute approximate surface area is 104 Å². The van der Waals surface area contributed by atoms with Crippen LogP contribution in [0.15, 0.2) is 39.6 Å². The van der Waals surface area contributed by atoms with Crippen LogP contribution in [0.3, 0.4) is 0 Å². The average molecular weight is 302 g/mol. The number of hydrogen-bond acceptors (Lipinski definition) is 2. The summed E-state index contributed by atoms with van der Waals surface area (Å²) in [7, 11) is 0. The number of hydrogen-bond donors (Lipinski definition) is 1. The molecule has 6 heteroatoms. The second-order valence-corrected chi connectivity index (χ2v) is 3.91. The molecule has 0 aliphatic heterocycles. The first-order chi connectivity index (χ1) is 8.08. The van der Waals surface area contributed by atoms with Crippen LogP contribution in [-0.4, -0.2) is 5.91 Å². The van der Waals surface area contributed by atoms with E-state index in [2.05, 4.69) is 21.2 Å². The monoisotopic (exact) mass is 301 g/mol. The van der Waals surface area contributed by atoms with Crippen LogP contribution in [0, 0.1) is 11.6 Å². The van der Waals surface area contributed by atoms with Gasteiger partial charge in [0.2, 0.25) is 0 Å². The Bertz CT molecular complexity index is 568. The molecule has 0 saturated heterocycles. The Balaban J connectivity index is 2.24. The Morgan fingerprint density at radius 2 is 2.06 bits per heavy atom. The van der Waals surface area contributed by atoms with E-state index in [4.69, 9.17) is 4.42 Å². The molecule has 1 N–H and O–H groups in total. The molecule has 0 bridgehead atoms.